The smallest absolute Gasteiger partial charge is 0.297 e. The first-order valence-corrected chi connectivity index (χ1v) is 4.49. The van der Waals surface area contributed by atoms with Gasteiger partial charge in [-0.1, -0.05) is 12.1 Å². The normalized spacial score (nSPS) is 24.4. The maximum atomic E-state index is 12.4. The molecule has 1 aliphatic rings. The van der Waals surface area contributed by atoms with Crippen molar-refractivity contribution < 1.29 is 23.8 Å². The third-order valence-corrected chi connectivity index (χ3v) is 2.18. The third kappa shape index (κ3) is 1.72. The van der Waals surface area contributed by atoms with Gasteiger partial charge < -0.3 is 10.2 Å². The summed E-state index contributed by atoms with van der Waals surface area (Å²) < 4.78 is 24.8. The van der Waals surface area contributed by atoms with Gasteiger partial charge >= 0.3 is 0 Å². The van der Waals surface area contributed by atoms with Crippen molar-refractivity contribution in [3.63, 3.8) is 0 Å². The number of nitrogens with one attached hydrogen (secondary N) is 1. The number of phenolic OH excluding ortho intramolecular Hbond substituents is 1. The molecule has 2 rings (SSSR count). The number of aliphatic hydroxyl groups is 1. The lowest BCUT2D eigenvalue weighted by molar-refractivity contribution is -0.245. The molecule has 0 saturated carbocycles. The molecule has 1 aliphatic heterocycles. The van der Waals surface area contributed by atoms with Gasteiger partial charge in [0.05, 0.1) is 5.70 Å². The van der Waals surface area contributed by atoms with Crippen LogP contribution in [0.25, 0.3) is 5.70 Å². The molecule has 0 bridgehead atoms. The molecule has 0 saturated heterocycles. The molecule has 4 nitrogen and oxygen atoms in total. The fourth-order valence-electron chi connectivity index (χ4n) is 1.34. The average molecular weight is 229 g/mol. The summed E-state index contributed by atoms with van der Waals surface area (Å²) >= 11 is 0. The first kappa shape index (κ1) is 10.8. The third-order valence-electron chi connectivity index (χ3n) is 2.18. The van der Waals surface area contributed by atoms with E-state index in [0.717, 1.165) is 6.08 Å². The number of hydrogen-bond acceptors (Lipinski definition) is 4. The number of halogens is 2. The van der Waals surface area contributed by atoms with Gasteiger partial charge in [0.25, 0.3) is 12.2 Å². The van der Waals surface area contributed by atoms with Gasteiger partial charge in [-0.05, 0) is 12.1 Å². The van der Waals surface area contributed by atoms with Crippen molar-refractivity contribution in [1.29, 1.82) is 0 Å². The van der Waals surface area contributed by atoms with Crippen LogP contribution in [0.5, 0.6) is 5.75 Å². The molecule has 86 valence electrons. The van der Waals surface area contributed by atoms with E-state index in [-0.39, 0.29) is 17.0 Å². The molecule has 0 aromatic heterocycles. The average Bonchev–Trinajstić information content (AvgIpc) is 2.63. The predicted octanol–water partition coefficient (Wildman–Crippen LogP) is 1.22. The van der Waals surface area contributed by atoms with Crippen LogP contribution in [0.15, 0.2) is 30.3 Å². The van der Waals surface area contributed by atoms with E-state index < -0.39 is 12.2 Å². The minimum atomic E-state index is -3.08. The van der Waals surface area contributed by atoms with Crippen LogP contribution in [0.3, 0.4) is 0 Å². The van der Waals surface area contributed by atoms with E-state index in [0.29, 0.717) is 0 Å². The number of benzene rings is 1. The molecule has 6 heteroatoms. The second kappa shape index (κ2) is 3.73. The molecular formula is C10H9F2NO3. The van der Waals surface area contributed by atoms with E-state index in [9.17, 15) is 19.0 Å². The van der Waals surface area contributed by atoms with Gasteiger partial charge in [-0.3, -0.25) is 5.48 Å². The van der Waals surface area contributed by atoms with E-state index in [1.165, 1.54) is 12.1 Å². The summed E-state index contributed by atoms with van der Waals surface area (Å²) in [6.07, 6.45) is -2.25. The van der Waals surface area contributed by atoms with Crippen LogP contribution in [-0.4, -0.2) is 22.4 Å². The van der Waals surface area contributed by atoms with Crippen molar-refractivity contribution in [1.82, 2.24) is 5.48 Å². The molecule has 1 aromatic rings. The SMILES string of the molecule is Oc1ccccc1C1=C[C@](O)(C(F)F)ON1. The quantitative estimate of drug-likeness (QED) is 0.713. The van der Waals surface area contributed by atoms with Crippen LogP contribution >= 0.6 is 0 Å². The Kier molecular flexibility index (Phi) is 2.53. The van der Waals surface area contributed by atoms with Crippen molar-refractivity contribution >= 4 is 5.70 Å². The summed E-state index contributed by atoms with van der Waals surface area (Å²) in [7, 11) is 0. The lowest BCUT2D eigenvalue weighted by atomic mass is 10.1. The molecule has 0 radical (unpaired) electrons. The van der Waals surface area contributed by atoms with Crippen molar-refractivity contribution in [2.45, 2.75) is 12.2 Å². The van der Waals surface area contributed by atoms with Crippen LogP contribution < -0.4 is 5.48 Å². The summed E-state index contributed by atoms with van der Waals surface area (Å²) in [6.45, 7) is 0. The van der Waals surface area contributed by atoms with E-state index in [1.807, 2.05) is 0 Å². The first-order valence-electron chi connectivity index (χ1n) is 4.49. The zero-order valence-corrected chi connectivity index (χ0v) is 8.02. The zero-order valence-electron chi connectivity index (χ0n) is 8.02. The minimum absolute atomic E-state index is 0.0941. The Hall–Kier alpha value is -1.66. The van der Waals surface area contributed by atoms with Crippen LogP contribution in [0.4, 0.5) is 8.78 Å². The highest BCUT2D eigenvalue weighted by atomic mass is 19.3. The molecule has 0 amide bonds. The van der Waals surface area contributed by atoms with E-state index >= 15 is 0 Å². The summed E-state index contributed by atoms with van der Waals surface area (Å²) in [5.41, 5.74) is 2.53. The van der Waals surface area contributed by atoms with E-state index in [1.54, 1.807) is 12.1 Å². The van der Waals surface area contributed by atoms with Crippen LogP contribution in [0, 0.1) is 0 Å². The Morgan fingerprint density at radius 1 is 1.31 bits per heavy atom. The maximum absolute atomic E-state index is 12.4. The number of alkyl halides is 2. The Bertz CT molecular complexity index is 436. The topological polar surface area (TPSA) is 61.7 Å². The Balaban J connectivity index is 2.35. The monoisotopic (exact) mass is 229 g/mol. The number of phenols is 1. The lowest BCUT2D eigenvalue weighted by Crippen LogP contribution is -2.37. The summed E-state index contributed by atoms with van der Waals surface area (Å²) in [5, 5.41) is 18.8. The number of hydrogen-bond donors (Lipinski definition) is 3. The Morgan fingerprint density at radius 2 is 2.00 bits per heavy atom. The zero-order chi connectivity index (χ0) is 11.8. The van der Waals surface area contributed by atoms with Crippen LogP contribution in [-0.2, 0) is 4.84 Å². The molecule has 16 heavy (non-hydrogen) atoms. The van der Waals surface area contributed by atoms with E-state index in [4.69, 9.17) is 0 Å². The number of aromatic hydroxyl groups is 1. The second-order valence-electron chi connectivity index (χ2n) is 3.33. The highest BCUT2D eigenvalue weighted by Gasteiger charge is 2.42. The van der Waals surface area contributed by atoms with Crippen molar-refractivity contribution in [2.24, 2.45) is 0 Å². The molecule has 0 unspecified atom stereocenters. The van der Waals surface area contributed by atoms with Gasteiger partial charge in [-0.25, -0.2) is 13.6 Å². The lowest BCUT2D eigenvalue weighted by Gasteiger charge is -2.16. The van der Waals surface area contributed by atoms with Gasteiger partial charge in [0.15, 0.2) is 0 Å². The van der Waals surface area contributed by atoms with Crippen LogP contribution in [0.2, 0.25) is 0 Å². The van der Waals surface area contributed by atoms with Gasteiger partial charge in [-0.15, -0.1) is 0 Å². The molecule has 1 heterocycles. The van der Waals surface area contributed by atoms with Crippen LogP contribution in [0.1, 0.15) is 5.56 Å². The number of rotatable bonds is 2. The largest absolute Gasteiger partial charge is 0.507 e. The number of para-hydroxylation sites is 1. The standard InChI is InChI=1S/C10H9F2NO3/c11-9(12)10(15)5-7(13-16-10)6-3-1-2-4-8(6)14/h1-5,9,13-15H/t10-/m1/s1. The summed E-state index contributed by atoms with van der Waals surface area (Å²) in [5.74, 6) is -2.75. The van der Waals surface area contributed by atoms with Gasteiger partial charge in [0.2, 0.25) is 0 Å². The molecule has 0 spiro atoms. The maximum Gasteiger partial charge on any atom is 0.297 e. The van der Waals surface area contributed by atoms with E-state index in [2.05, 4.69) is 10.3 Å². The molecular weight excluding hydrogens is 220 g/mol. The molecule has 0 fully saturated rings. The molecule has 0 aliphatic carbocycles. The second-order valence-corrected chi connectivity index (χ2v) is 3.33. The molecule has 1 aromatic carbocycles. The predicted molar refractivity (Wildman–Crippen MR) is 51.3 cm³/mol. The summed E-state index contributed by atoms with van der Waals surface area (Å²) in [6, 6.07) is 6.12. The van der Waals surface area contributed by atoms with Gasteiger partial charge in [0.1, 0.15) is 5.75 Å². The number of hydroxylamine groups is 1. The Morgan fingerprint density at radius 3 is 2.56 bits per heavy atom. The Labute approximate surface area is 89.7 Å². The van der Waals surface area contributed by atoms with Gasteiger partial charge in [-0.2, -0.15) is 0 Å². The van der Waals surface area contributed by atoms with Gasteiger partial charge in [0, 0.05) is 11.6 Å². The molecule has 3 N–H and O–H groups in total. The highest BCUT2D eigenvalue weighted by molar-refractivity contribution is 5.70. The summed E-state index contributed by atoms with van der Waals surface area (Å²) in [4.78, 5) is 4.38. The minimum Gasteiger partial charge on any atom is -0.507 e. The fourth-order valence-corrected chi connectivity index (χ4v) is 1.34. The van der Waals surface area contributed by atoms with Crippen molar-refractivity contribution in [3.8, 4) is 5.75 Å². The van der Waals surface area contributed by atoms with Crippen molar-refractivity contribution in [2.75, 3.05) is 0 Å². The first-order chi connectivity index (χ1) is 7.53. The highest BCUT2D eigenvalue weighted by Crippen LogP contribution is 2.32. The molecule has 1 atom stereocenters. The fraction of sp³-hybridized carbons (Fsp3) is 0.200. The van der Waals surface area contributed by atoms with Crippen molar-refractivity contribution in [3.05, 3.63) is 35.9 Å².